The maximum atomic E-state index is 2.71. The van der Waals surface area contributed by atoms with Crippen molar-refractivity contribution in [2.24, 2.45) is 0 Å². The molecule has 0 bridgehead atoms. The molecule has 4 aliphatic heterocycles. The van der Waals surface area contributed by atoms with Gasteiger partial charge in [0, 0.05) is 87.7 Å². The molecule has 0 atom stereocenters. The van der Waals surface area contributed by atoms with E-state index in [2.05, 4.69) is 188 Å². The first-order chi connectivity index (χ1) is 29.8. The third-order valence-corrected chi connectivity index (χ3v) is 15.1. The summed E-state index contributed by atoms with van der Waals surface area (Å²) in [6.07, 6.45) is 0. The van der Waals surface area contributed by atoms with Crippen LogP contribution in [0.3, 0.4) is 0 Å². The lowest BCUT2D eigenvalue weighted by molar-refractivity contribution is 1.13. The van der Waals surface area contributed by atoms with Crippen LogP contribution in [0.2, 0.25) is 0 Å². The lowest BCUT2D eigenvalue weighted by Gasteiger charge is -2.37. The van der Waals surface area contributed by atoms with Crippen LogP contribution in [-0.2, 0) is 0 Å². The van der Waals surface area contributed by atoms with Crippen molar-refractivity contribution in [2.45, 2.75) is 0 Å². The first-order valence-electron chi connectivity index (χ1n) is 21.2. The molecule has 0 saturated heterocycles. The van der Waals surface area contributed by atoms with Crippen LogP contribution in [0.5, 0.6) is 0 Å². The molecule has 0 N–H and O–H groups in total. The first kappa shape index (κ1) is 29.5. The lowest BCUT2D eigenvalue weighted by Crippen LogP contribution is -2.60. The Bertz CT molecular complexity index is 4000. The van der Waals surface area contributed by atoms with Gasteiger partial charge in [0.1, 0.15) is 0 Å². The smallest absolute Gasteiger partial charge is 0.333 e. The van der Waals surface area contributed by atoms with Gasteiger partial charge in [-0.3, -0.25) is 0 Å². The van der Waals surface area contributed by atoms with Crippen LogP contribution in [0.4, 0.5) is 0 Å². The van der Waals surface area contributed by atoms with Crippen molar-refractivity contribution in [3.8, 4) is 33.6 Å². The highest BCUT2D eigenvalue weighted by atomic mass is 15.1. The SMILES string of the molecule is c1ccc2c(c1)c1cccc3c1n2B1c2cc4c(cc2-n2c5ccccc5c5ccc-3c1c52)-n1c2ccccc2c2ccc3c(c21)B4n1c2ccccc2c2cccc-3c21. The molecule has 0 amide bonds. The number of hydrogen-bond donors (Lipinski definition) is 0. The van der Waals surface area contributed by atoms with Gasteiger partial charge >= 0.3 is 13.7 Å². The van der Waals surface area contributed by atoms with E-state index in [1.807, 2.05) is 0 Å². The van der Waals surface area contributed by atoms with E-state index in [1.54, 1.807) is 0 Å². The van der Waals surface area contributed by atoms with Crippen molar-refractivity contribution in [3.05, 3.63) is 170 Å². The van der Waals surface area contributed by atoms with Crippen molar-refractivity contribution >= 4 is 123 Å². The molecule has 0 aliphatic carbocycles. The summed E-state index contributed by atoms with van der Waals surface area (Å²) in [6.45, 7) is -0.0399. The Balaban J connectivity index is 1.12. The number of nitrogens with zero attached hydrogens (tertiary/aromatic N) is 4. The molecule has 270 valence electrons. The van der Waals surface area contributed by atoms with Crippen LogP contribution in [0.1, 0.15) is 0 Å². The van der Waals surface area contributed by atoms with Gasteiger partial charge in [-0.25, -0.2) is 0 Å². The van der Waals surface area contributed by atoms with E-state index < -0.39 is 0 Å². The molecule has 0 fully saturated rings. The number of benzene rings is 9. The molecule has 6 heteroatoms. The summed E-state index contributed by atoms with van der Waals surface area (Å²) in [4.78, 5) is 0. The Labute approximate surface area is 342 Å². The van der Waals surface area contributed by atoms with Crippen molar-refractivity contribution in [1.82, 2.24) is 18.1 Å². The topological polar surface area (TPSA) is 19.7 Å². The van der Waals surface area contributed by atoms with Crippen LogP contribution < -0.4 is 21.9 Å². The monoisotopic (exact) mass is 754 g/mol. The normalized spacial score (nSPS) is 13.9. The van der Waals surface area contributed by atoms with Gasteiger partial charge in [0.15, 0.2) is 0 Å². The average Bonchev–Trinajstić information content (AvgIpc) is 4.04. The third kappa shape index (κ3) is 2.99. The zero-order valence-electron chi connectivity index (χ0n) is 32.1. The molecule has 4 nitrogen and oxygen atoms in total. The summed E-state index contributed by atoms with van der Waals surface area (Å²) in [7, 11) is 0. The summed E-state index contributed by atoms with van der Waals surface area (Å²) in [5, 5.41) is 10.5. The van der Waals surface area contributed by atoms with Gasteiger partial charge in [0.25, 0.3) is 0 Å². The van der Waals surface area contributed by atoms with Crippen LogP contribution in [0.15, 0.2) is 170 Å². The van der Waals surface area contributed by atoms with E-state index in [9.17, 15) is 0 Å². The summed E-state index contributed by atoms with van der Waals surface area (Å²) >= 11 is 0. The van der Waals surface area contributed by atoms with Crippen LogP contribution in [-0.4, -0.2) is 31.8 Å². The highest BCUT2D eigenvalue weighted by Crippen LogP contribution is 2.47. The van der Waals surface area contributed by atoms with Gasteiger partial charge in [0.05, 0.1) is 22.1 Å². The molecule has 0 saturated carbocycles. The maximum Gasteiger partial charge on any atom is 0.333 e. The summed E-state index contributed by atoms with van der Waals surface area (Å²) in [5.41, 5.74) is 23.8. The average molecular weight is 754 g/mol. The fourth-order valence-corrected chi connectivity index (χ4v) is 13.0. The Morgan fingerprint density at radius 2 is 0.667 bits per heavy atom. The van der Waals surface area contributed by atoms with E-state index in [-0.39, 0.29) is 13.7 Å². The Hall–Kier alpha value is -7.69. The molecule has 13 aromatic rings. The van der Waals surface area contributed by atoms with E-state index in [1.165, 1.54) is 143 Å². The molecular formula is C54H28B2N4. The largest absolute Gasteiger partial charge is 0.375 e. The van der Waals surface area contributed by atoms with E-state index in [0.717, 1.165) is 0 Å². The van der Waals surface area contributed by atoms with Crippen LogP contribution >= 0.6 is 0 Å². The number of fused-ring (bicyclic) bond motifs is 22. The van der Waals surface area contributed by atoms with E-state index in [0.29, 0.717) is 0 Å². The summed E-state index contributed by atoms with van der Waals surface area (Å²) in [6, 6.07) is 65.1. The first-order valence-corrected chi connectivity index (χ1v) is 21.2. The number of para-hydroxylation sites is 6. The zero-order chi connectivity index (χ0) is 38.3. The van der Waals surface area contributed by atoms with Crippen molar-refractivity contribution < 1.29 is 0 Å². The molecule has 0 spiro atoms. The van der Waals surface area contributed by atoms with Gasteiger partial charge < -0.3 is 18.1 Å². The second-order valence-electron chi connectivity index (χ2n) is 17.5. The number of hydrogen-bond acceptors (Lipinski definition) is 0. The second kappa shape index (κ2) is 9.60. The van der Waals surface area contributed by atoms with Crippen molar-refractivity contribution in [3.63, 3.8) is 0 Å². The van der Waals surface area contributed by atoms with Crippen LogP contribution in [0, 0.1) is 0 Å². The maximum absolute atomic E-state index is 2.71. The summed E-state index contributed by atoms with van der Waals surface area (Å²) < 4.78 is 10.7. The van der Waals surface area contributed by atoms with Gasteiger partial charge in [-0.05, 0) is 63.3 Å². The molecule has 4 aliphatic rings. The highest BCUT2D eigenvalue weighted by molar-refractivity contribution is 6.93. The van der Waals surface area contributed by atoms with Gasteiger partial charge in [-0.2, -0.15) is 0 Å². The minimum absolute atomic E-state index is 0.0199. The molecule has 60 heavy (non-hydrogen) atoms. The standard InChI is InChI=1S/C54H28B2N4/c1-5-19-43-29(11-1)39-25-23-33-37-17-9-15-35-31-13-3-7-21-45(31)59(51(35)37)55-41-27-42-48(28-47(41)57(43)53(39)49(33)55)58-44-20-6-2-12-30(44)40-26-24-34-38-18-10-16-36-32-14-4-8-22-46(32)60(52(36)38)56(42)50(34)54(40)58/h1-28H. The van der Waals surface area contributed by atoms with Crippen LogP contribution in [0.25, 0.3) is 121 Å². The molecule has 17 rings (SSSR count). The fourth-order valence-electron chi connectivity index (χ4n) is 13.0. The predicted octanol–water partition coefficient (Wildman–Crippen LogP) is 9.99. The molecular weight excluding hydrogens is 726 g/mol. The molecule has 0 unspecified atom stereocenters. The third-order valence-electron chi connectivity index (χ3n) is 15.1. The van der Waals surface area contributed by atoms with Gasteiger partial charge in [0.2, 0.25) is 0 Å². The predicted molar refractivity (Wildman–Crippen MR) is 253 cm³/mol. The highest BCUT2D eigenvalue weighted by Gasteiger charge is 2.46. The Kier molecular flexibility index (Phi) is 4.72. The van der Waals surface area contributed by atoms with E-state index in [4.69, 9.17) is 0 Å². The molecule has 8 heterocycles. The Morgan fingerprint density at radius 1 is 0.283 bits per heavy atom. The fraction of sp³-hybridized carbons (Fsp3) is 0. The minimum atomic E-state index is -0.0199. The van der Waals surface area contributed by atoms with Crippen molar-refractivity contribution in [1.29, 1.82) is 0 Å². The Morgan fingerprint density at radius 3 is 1.13 bits per heavy atom. The van der Waals surface area contributed by atoms with Gasteiger partial charge in [-0.15, -0.1) is 0 Å². The molecule has 9 aromatic carbocycles. The minimum Gasteiger partial charge on any atom is -0.375 e. The quantitative estimate of drug-likeness (QED) is 0.138. The van der Waals surface area contributed by atoms with Gasteiger partial charge in [-0.1, -0.05) is 140 Å². The number of aromatic nitrogens is 4. The summed E-state index contributed by atoms with van der Waals surface area (Å²) in [5.74, 6) is 0. The molecule has 4 aromatic heterocycles. The second-order valence-corrected chi connectivity index (χ2v) is 17.5. The lowest BCUT2D eigenvalue weighted by atomic mass is 9.41. The van der Waals surface area contributed by atoms with E-state index >= 15 is 0 Å². The zero-order valence-corrected chi connectivity index (χ0v) is 32.1. The molecule has 0 radical (unpaired) electrons. The van der Waals surface area contributed by atoms with Crippen molar-refractivity contribution in [2.75, 3.05) is 0 Å². The number of rotatable bonds is 0.